The standard InChI is InChI=1S/C57H36N4OS/c1-4-16-35(17-5-1)45-32-39(57-59-55(37-20-8-3-9-21-37)58-56(60-57)38-28-29-42-41-23-11-14-26-48(41)62-49(42)34-38)33-46(36-18-6-2-7-19-36)53(45)61-47-25-13-10-22-40(47)43-30-31-51-52(54(43)61)44-24-12-15-27-50(44)63-51/h1-20,22-34,37H,21H2/t37-/m1/s1. The summed E-state index contributed by atoms with van der Waals surface area (Å²) in [6, 6.07) is 62.9. The maximum absolute atomic E-state index is 6.37. The first kappa shape index (κ1) is 35.8. The summed E-state index contributed by atoms with van der Waals surface area (Å²) < 4.78 is 11.5. The van der Waals surface area contributed by atoms with Gasteiger partial charge in [0.25, 0.3) is 0 Å². The van der Waals surface area contributed by atoms with Crippen molar-refractivity contribution in [1.82, 2.24) is 19.5 Å². The molecule has 0 saturated carbocycles. The summed E-state index contributed by atoms with van der Waals surface area (Å²) in [4.78, 5) is 15.9. The minimum absolute atomic E-state index is 0.00679. The van der Waals surface area contributed by atoms with Gasteiger partial charge in [-0.25, -0.2) is 15.0 Å². The summed E-state index contributed by atoms with van der Waals surface area (Å²) in [5, 5.41) is 7.14. The molecule has 1 atom stereocenters. The van der Waals surface area contributed by atoms with Gasteiger partial charge in [-0.2, -0.15) is 0 Å². The molecule has 4 heterocycles. The number of nitrogens with zero attached hydrogens (tertiary/aromatic N) is 4. The van der Waals surface area contributed by atoms with Crippen LogP contribution in [0.4, 0.5) is 0 Å². The van der Waals surface area contributed by atoms with Crippen LogP contribution in [-0.4, -0.2) is 19.5 Å². The Morgan fingerprint density at radius 2 is 1.14 bits per heavy atom. The lowest BCUT2D eigenvalue weighted by Gasteiger charge is -2.21. The number of furan rings is 1. The zero-order valence-corrected chi connectivity index (χ0v) is 34.8. The van der Waals surface area contributed by atoms with E-state index in [1.54, 1.807) is 0 Å². The summed E-state index contributed by atoms with van der Waals surface area (Å²) in [6.45, 7) is 0. The van der Waals surface area contributed by atoms with Gasteiger partial charge >= 0.3 is 0 Å². The minimum Gasteiger partial charge on any atom is -0.456 e. The lowest BCUT2D eigenvalue weighted by atomic mass is 9.92. The summed E-state index contributed by atoms with van der Waals surface area (Å²) >= 11 is 1.85. The van der Waals surface area contributed by atoms with Crippen LogP contribution in [0, 0.1) is 0 Å². The average molecular weight is 825 g/mol. The van der Waals surface area contributed by atoms with Crippen LogP contribution in [-0.2, 0) is 0 Å². The highest BCUT2D eigenvalue weighted by Gasteiger charge is 2.26. The van der Waals surface area contributed by atoms with Gasteiger partial charge in [-0.15, -0.1) is 11.3 Å². The molecule has 0 N–H and O–H groups in total. The predicted molar refractivity (Wildman–Crippen MR) is 262 cm³/mol. The van der Waals surface area contributed by atoms with Gasteiger partial charge in [-0.05, 0) is 66.1 Å². The third-order valence-corrected chi connectivity index (χ3v) is 13.7. The van der Waals surface area contributed by atoms with E-state index in [1.807, 2.05) is 29.5 Å². The number of fused-ring (bicyclic) bond motifs is 10. The SMILES string of the molecule is C1=CC[C@H](c2nc(-c3cc(-c4ccccc4)c(-n4c5ccccc5c5ccc6sc7ccccc7c6c54)c(-c4ccccc4)c3)nc(-c3ccc4c(c3)oc3ccccc34)n2)C=C1. The first-order valence-electron chi connectivity index (χ1n) is 21.4. The smallest absolute Gasteiger partial charge is 0.163 e. The van der Waals surface area contributed by atoms with Crippen molar-refractivity contribution < 1.29 is 4.42 Å². The van der Waals surface area contributed by atoms with Crippen molar-refractivity contribution in [2.75, 3.05) is 0 Å². The van der Waals surface area contributed by atoms with E-state index >= 15 is 0 Å². The van der Waals surface area contributed by atoms with E-state index in [-0.39, 0.29) is 5.92 Å². The second kappa shape index (κ2) is 14.3. The van der Waals surface area contributed by atoms with Crippen molar-refractivity contribution in [2.24, 2.45) is 0 Å². The molecule has 4 aromatic heterocycles. The molecule has 0 amide bonds. The van der Waals surface area contributed by atoms with Crippen molar-refractivity contribution in [3.8, 4) is 50.7 Å². The molecule has 0 bridgehead atoms. The number of benzene rings is 8. The van der Waals surface area contributed by atoms with Crippen LogP contribution in [0.1, 0.15) is 18.2 Å². The van der Waals surface area contributed by atoms with E-state index < -0.39 is 0 Å². The molecule has 0 saturated heterocycles. The highest BCUT2D eigenvalue weighted by atomic mass is 32.1. The molecule has 6 heteroatoms. The molecule has 0 fully saturated rings. The van der Waals surface area contributed by atoms with Crippen molar-refractivity contribution in [1.29, 1.82) is 0 Å². The average Bonchev–Trinajstić information content (AvgIpc) is 4.03. The fourth-order valence-corrected chi connectivity index (χ4v) is 10.7. The molecule has 0 unspecified atom stereocenters. The zero-order valence-electron chi connectivity index (χ0n) is 33.9. The Morgan fingerprint density at radius 3 is 1.90 bits per heavy atom. The molecule has 0 spiro atoms. The van der Waals surface area contributed by atoms with E-state index in [1.165, 1.54) is 36.5 Å². The molecule has 8 aromatic carbocycles. The van der Waals surface area contributed by atoms with Crippen LogP contribution in [0.25, 0.3) is 115 Å². The van der Waals surface area contributed by atoms with E-state index in [2.05, 4.69) is 187 Å². The van der Waals surface area contributed by atoms with Gasteiger partial charge in [0.1, 0.15) is 17.0 Å². The van der Waals surface area contributed by atoms with Crippen LogP contribution in [0.5, 0.6) is 0 Å². The highest BCUT2D eigenvalue weighted by molar-refractivity contribution is 7.26. The lowest BCUT2D eigenvalue weighted by Crippen LogP contribution is -2.08. The molecule has 63 heavy (non-hydrogen) atoms. The van der Waals surface area contributed by atoms with E-state index in [0.717, 1.165) is 78.8 Å². The number of thiophene rings is 1. The first-order chi connectivity index (χ1) is 31.2. The van der Waals surface area contributed by atoms with Crippen LogP contribution in [0.2, 0.25) is 0 Å². The summed E-state index contributed by atoms with van der Waals surface area (Å²) in [6.07, 6.45) is 9.37. The number of allylic oxidation sites excluding steroid dienone is 4. The van der Waals surface area contributed by atoms with Crippen LogP contribution in [0.3, 0.4) is 0 Å². The number of rotatable bonds is 6. The lowest BCUT2D eigenvalue weighted by molar-refractivity contribution is 0.669. The Bertz CT molecular complexity index is 3780. The fourth-order valence-electron chi connectivity index (χ4n) is 9.63. The summed E-state index contributed by atoms with van der Waals surface area (Å²) in [5.41, 5.74) is 11.3. The van der Waals surface area contributed by atoms with Gasteiger partial charge in [0.05, 0.1) is 16.7 Å². The Morgan fingerprint density at radius 1 is 0.492 bits per heavy atom. The molecule has 0 aliphatic heterocycles. The van der Waals surface area contributed by atoms with Crippen molar-refractivity contribution >= 4 is 75.3 Å². The van der Waals surface area contributed by atoms with Gasteiger partial charge < -0.3 is 8.98 Å². The topological polar surface area (TPSA) is 56.7 Å². The van der Waals surface area contributed by atoms with Crippen LogP contribution < -0.4 is 0 Å². The van der Waals surface area contributed by atoms with E-state index in [4.69, 9.17) is 19.4 Å². The molecule has 1 aliphatic carbocycles. The van der Waals surface area contributed by atoms with Gasteiger partial charge in [-0.3, -0.25) is 0 Å². The number of para-hydroxylation sites is 2. The largest absolute Gasteiger partial charge is 0.456 e. The Hall–Kier alpha value is -7.93. The van der Waals surface area contributed by atoms with E-state index in [0.29, 0.717) is 11.6 Å². The monoisotopic (exact) mass is 824 g/mol. The molecule has 296 valence electrons. The van der Waals surface area contributed by atoms with Gasteiger partial charge in [0.2, 0.25) is 0 Å². The molecular weight excluding hydrogens is 789 g/mol. The maximum Gasteiger partial charge on any atom is 0.163 e. The minimum atomic E-state index is 0.00679. The molecular formula is C57H36N4OS. The Labute approximate surface area is 366 Å². The van der Waals surface area contributed by atoms with E-state index in [9.17, 15) is 0 Å². The first-order valence-corrected chi connectivity index (χ1v) is 22.2. The van der Waals surface area contributed by atoms with Gasteiger partial charge in [0, 0.05) is 69.9 Å². The third kappa shape index (κ3) is 5.79. The zero-order chi connectivity index (χ0) is 41.4. The molecule has 1 aliphatic rings. The summed E-state index contributed by atoms with van der Waals surface area (Å²) in [5.74, 6) is 1.98. The number of hydrogen-bond acceptors (Lipinski definition) is 5. The third-order valence-electron chi connectivity index (χ3n) is 12.5. The van der Waals surface area contributed by atoms with Crippen molar-refractivity contribution in [3.05, 3.63) is 206 Å². The predicted octanol–water partition coefficient (Wildman–Crippen LogP) is 15.5. The second-order valence-corrected chi connectivity index (χ2v) is 17.3. The van der Waals surface area contributed by atoms with Crippen LogP contribution >= 0.6 is 11.3 Å². The number of aromatic nitrogens is 4. The van der Waals surface area contributed by atoms with Crippen molar-refractivity contribution in [3.63, 3.8) is 0 Å². The Kier molecular flexibility index (Phi) is 8.14. The molecule has 5 nitrogen and oxygen atoms in total. The second-order valence-electron chi connectivity index (χ2n) is 16.2. The molecule has 12 aromatic rings. The summed E-state index contributed by atoms with van der Waals surface area (Å²) in [7, 11) is 0. The van der Waals surface area contributed by atoms with Crippen LogP contribution in [0.15, 0.2) is 205 Å². The maximum atomic E-state index is 6.37. The quantitative estimate of drug-likeness (QED) is 0.168. The normalized spacial score (nSPS) is 14.0. The number of hydrogen-bond donors (Lipinski definition) is 0. The van der Waals surface area contributed by atoms with Gasteiger partial charge in [0.15, 0.2) is 11.6 Å². The highest BCUT2D eigenvalue weighted by Crippen LogP contribution is 2.47. The molecule has 13 rings (SSSR count). The fraction of sp³-hybridized carbons (Fsp3) is 0.0351. The Balaban J connectivity index is 1.13. The van der Waals surface area contributed by atoms with Gasteiger partial charge in [-0.1, -0.05) is 152 Å². The molecule has 0 radical (unpaired) electrons. The van der Waals surface area contributed by atoms with Crippen molar-refractivity contribution in [2.45, 2.75) is 12.3 Å².